The van der Waals surface area contributed by atoms with Crippen molar-refractivity contribution >= 4 is 34.7 Å². The van der Waals surface area contributed by atoms with Crippen LogP contribution in [0.25, 0.3) is 5.76 Å². The number of hydrogen-bond acceptors (Lipinski definition) is 6. The van der Waals surface area contributed by atoms with E-state index in [0.717, 1.165) is 0 Å². The van der Waals surface area contributed by atoms with E-state index in [1.165, 1.54) is 19.1 Å². The highest BCUT2D eigenvalue weighted by atomic mass is 35.5. The third-order valence-corrected chi connectivity index (χ3v) is 5.96. The molecule has 1 saturated heterocycles. The zero-order valence-corrected chi connectivity index (χ0v) is 20.2. The number of rotatable bonds is 7. The summed E-state index contributed by atoms with van der Waals surface area (Å²) in [6.45, 7) is 2.37. The molecule has 1 atom stereocenters. The average Bonchev–Trinajstić information content (AvgIpc) is 3.14. The van der Waals surface area contributed by atoms with E-state index >= 15 is 0 Å². The predicted molar refractivity (Wildman–Crippen MR) is 133 cm³/mol. The van der Waals surface area contributed by atoms with Crippen molar-refractivity contribution in [1.82, 2.24) is 0 Å². The van der Waals surface area contributed by atoms with Gasteiger partial charge in [-0.2, -0.15) is 0 Å². The molecule has 1 amide bonds. The van der Waals surface area contributed by atoms with Crippen LogP contribution in [0.5, 0.6) is 17.2 Å². The van der Waals surface area contributed by atoms with Crippen LogP contribution in [-0.2, 0) is 9.59 Å². The highest BCUT2D eigenvalue weighted by Crippen LogP contribution is 2.44. The minimum atomic E-state index is -0.913. The number of halogens is 1. The lowest BCUT2D eigenvalue weighted by atomic mass is 9.94. The van der Waals surface area contributed by atoms with Gasteiger partial charge in [0.05, 0.1) is 32.4 Å². The Bertz CT molecular complexity index is 1280. The molecule has 7 nitrogen and oxygen atoms in total. The first-order valence-corrected chi connectivity index (χ1v) is 11.3. The molecule has 1 fully saturated rings. The van der Waals surface area contributed by atoms with E-state index in [0.29, 0.717) is 45.7 Å². The lowest BCUT2D eigenvalue weighted by Gasteiger charge is -2.26. The van der Waals surface area contributed by atoms with Gasteiger partial charge in [-0.05, 0) is 73.2 Å². The van der Waals surface area contributed by atoms with Crippen LogP contribution in [0.1, 0.15) is 24.1 Å². The van der Waals surface area contributed by atoms with Crippen LogP contribution < -0.4 is 19.1 Å². The van der Waals surface area contributed by atoms with Crippen LogP contribution in [0.15, 0.2) is 72.3 Å². The molecule has 4 rings (SSSR count). The van der Waals surface area contributed by atoms with Crippen molar-refractivity contribution in [1.29, 1.82) is 0 Å². The molecule has 35 heavy (non-hydrogen) atoms. The number of carbonyl (C=O) groups is 2. The molecule has 1 aliphatic rings. The quantitative estimate of drug-likeness (QED) is 0.270. The zero-order chi connectivity index (χ0) is 25.1. The van der Waals surface area contributed by atoms with E-state index in [4.69, 9.17) is 25.8 Å². The number of carbonyl (C=O) groups excluding carboxylic acids is 2. The molecule has 3 aromatic carbocycles. The summed E-state index contributed by atoms with van der Waals surface area (Å²) < 4.78 is 16.3. The van der Waals surface area contributed by atoms with E-state index in [9.17, 15) is 14.7 Å². The molecular formula is C27H24ClNO6. The van der Waals surface area contributed by atoms with Crippen LogP contribution in [0.4, 0.5) is 5.69 Å². The number of aliphatic hydroxyl groups excluding tert-OH is 1. The number of hydrogen-bond donors (Lipinski definition) is 1. The predicted octanol–water partition coefficient (Wildman–Crippen LogP) is 5.38. The Morgan fingerprint density at radius 2 is 1.60 bits per heavy atom. The monoisotopic (exact) mass is 493 g/mol. The second kappa shape index (κ2) is 10.1. The lowest BCUT2D eigenvalue weighted by molar-refractivity contribution is -0.132. The molecule has 1 heterocycles. The zero-order valence-electron chi connectivity index (χ0n) is 19.4. The summed E-state index contributed by atoms with van der Waals surface area (Å²) in [5.41, 5.74) is 1.36. The summed E-state index contributed by atoms with van der Waals surface area (Å²) in [6, 6.07) is 17.4. The molecular weight excluding hydrogens is 470 g/mol. The maximum absolute atomic E-state index is 13.3. The maximum atomic E-state index is 13.3. The van der Waals surface area contributed by atoms with Crippen LogP contribution in [0.2, 0.25) is 5.02 Å². The first-order valence-electron chi connectivity index (χ1n) is 10.9. The SMILES string of the molecule is CCOc1ccc(N2C(=O)C(=O)/C(=C(\O)c3ccc(Cl)cc3)C2c2ccc(OC)c(OC)c2)cc1. The fourth-order valence-electron chi connectivity index (χ4n) is 4.07. The topological polar surface area (TPSA) is 85.3 Å². The van der Waals surface area contributed by atoms with Gasteiger partial charge in [-0.25, -0.2) is 0 Å². The van der Waals surface area contributed by atoms with Gasteiger partial charge in [-0.3, -0.25) is 14.5 Å². The first-order chi connectivity index (χ1) is 16.9. The average molecular weight is 494 g/mol. The molecule has 1 unspecified atom stereocenters. The summed E-state index contributed by atoms with van der Waals surface area (Å²) in [6.07, 6.45) is 0. The van der Waals surface area contributed by atoms with Crippen molar-refractivity contribution in [2.45, 2.75) is 13.0 Å². The fourth-order valence-corrected chi connectivity index (χ4v) is 4.20. The molecule has 0 saturated carbocycles. The fraction of sp³-hybridized carbons (Fsp3) is 0.185. The summed E-state index contributed by atoms with van der Waals surface area (Å²) in [4.78, 5) is 27.9. The number of amides is 1. The minimum absolute atomic E-state index is 0.0431. The van der Waals surface area contributed by atoms with Crippen LogP contribution in [-0.4, -0.2) is 37.6 Å². The third-order valence-electron chi connectivity index (χ3n) is 5.71. The van der Waals surface area contributed by atoms with Crippen LogP contribution in [0.3, 0.4) is 0 Å². The molecule has 0 aromatic heterocycles. The maximum Gasteiger partial charge on any atom is 0.300 e. The van der Waals surface area contributed by atoms with Gasteiger partial charge in [0.1, 0.15) is 11.5 Å². The van der Waals surface area contributed by atoms with E-state index in [2.05, 4.69) is 0 Å². The van der Waals surface area contributed by atoms with Gasteiger partial charge in [-0.1, -0.05) is 17.7 Å². The van der Waals surface area contributed by atoms with Gasteiger partial charge < -0.3 is 19.3 Å². The molecule has 180 valence electrons. The summed E-state index contributed by atoms with van der Waals surface area (Å²) >= 11 is 5.99. The van der Waals surface area contributed by atoms with E-state index in [1.807, 2.05) is 6.92 Å². The second-order valence-corrected chi connectivity index (χ2v) is 8.15. The van der Waals surface area contributed by atoms with Crippen LogP contribution in [0, 0.1) is 0 Å². The summed E-state index contributed by atoms with van der Waals surface area (Å²) in [5.74, 6) is -0.304. The molecule has 0 bridgehead atoms. The largest absolute Gasteiger partial charge is 0.507 e. The number of methoxy groups -OCH3 is 2. The van der Waals surface area contributed by atoms with E-state index in [-0.39, 0.29) is 11.3 Å². The van der Waals surface area contributed by atoms with Gasteiger partial charge >= 0.3 is 0 Å². The van der Waals surface area contributed by atoms with Crippen molar-refractivity contribution < 1.29 is 28.9 Å². The highest BCUT2D eigenvalue weighted by Gasteiger charge is 2.47. The second-order valence-electron chi connectivity index (χ2n) is 7.72. The third kappa shape index (κ3) is 4.55. The van der Waals surface area contributed by atoms with Crippen molar-refractivity contribution in [2.75, 3.05) is 25.7 Å². The number of anilines is 1. The normalized spacial score (nSPS) is 16.9. The number of benzene rings is 3. The standard InChI is InChI=1S/C27H24ClNO6/c1-4-35-20-12-10-19(11-13-20)29-24(17-7-14-21(33-2)22(15-17)34-3)23(26(31)27(29)32)25(30)16-5-8-18(28)9-6-16/h5-15,24,30H,4H2,1-3H3/b25-23-. The minimum Gasteiger partial charge on any atom is -0.507 e. The lowest BCUT2D eigenvalue weighted by Crippen LogP contribution is -2.29. The van der Waals surface area contributed by atoms with Crippen molar-refractivity contribution in [2.24, 2.45) is 0 Å². The van der Waals surface area contributed by atoms with Crippen LogP contribution >= 0.6 is 11.6 Å². The number of Topliss-reactive ketones (excluding diaryl/α,β-unsaturated/α-hetero) is 1. The highest BCUT2D eigenvalue weighted by molar-refractivity contribution is 6.51. The van der Waals surface area contributed by atoms with Crippen molar-refractivity contribution in [3.63, 3.8) is 0 Å². The number of ketones is 1. The van der Waals surface area contributed by atoms with Crippen molar-refractivity contribution in [3.8, 4) is 17.2 Å². The molecule has 1 aliphatic heterocycles. The Morgan fingerprint density at radius 3 is 2.20 bits per heavy atom. The smallest absolute Gasteiger partial charge is 0.300 e. The molecule has 0 aliphatic carbocycles. The first kappa shape index (κ1) is 24.2. The van der Waals surface area contributed by atoms with Crippen molar-refractivity contribution in [3.05, 3.63) is 88.5 Å². The molecule has 0 spiro atoms. The van der Waals surface area contributed by atoms with Gasteiger partial charge in [-0.15, -0.1) is 0 Å². The van der Waals surface area contributed by atoms with Gasteiger partial charge in [0.25, 0.3) is 11.7 Å². The summed E-state index contributed by atoms with van der Waals surface area (Å²) in [5, 5.41) is 11.7. The van der Waals surface area contributed by atoms with E-state index < -0.39 is 17.7 Å². The Hall–Kier alpha value is -3.97. The Labute approximate surface area is 208 Å². The Kier molecular flexibility index (Phi) is 6.98. The summed E-state index contributed by atoms with van der Waals surface area (Å²) in [7, 11) is 3.02. The number of nitrogens with zero attached hydrogens (tertiary/aromatic N) is 1. The van der Waals surface area contributed by atoms with Gasteiger partial charge in [0.15, 0.2) is 11.5 Å². The van der Waals surface area contributed by atoms with E-state index in [1.54, 1.807) is 66.7 Å². The van der Waals surface area contributed by atoms with Gasteiger partial charge in [0.2, 0.25) is 0 Å². The number of aliphatic hydroxyl groups is 1. The Morgan fingerprint density at radius 1 is 0.943 bits per heavy atom. The molecule has 1 N–H and O–H groups in total. The Balaban J connectivity index is 1.92. The number of ether oxygens (including phenoxy) is 3. The molecule has 3 aromatic rings. The molecule has 0 radical (unpaired) electrons. The molecule has 8 heteroatoms. The van der Waals surface area contributed by atoms with Gasteiger partial charge in [0, 0.05) is 16.3 Å².